The fourth-order valence-electron chi connectivity index (χ4n) is 1.62. The first-order chi connectivity index (χ1) is 8.47. The van der Waals surface area contributed by atoms with Crippen molar-refractivity contribution < 1.29 is 14.7 Å². The van der Waals surface area contributed by atoms with Crippen LogP contribution in [0.2, 0.25) is 0 Å². The summed E-state index contributed by atoms with van der Waals surface area (Å²) in [6.07, 6.45) is 3.25. The van der Waals surface area contributed by atoms with Crippen LogP contribution in [0.25, 0.3) is 0 Å². The first-order valence-electron chi connectivity index (χ1n) is 6.72. The van der Waals surface area contributed by atoms with Gasteiger partial charge in [-0.3, -0.25) is 4.79 Å². The molecule has 0 fully saturated rings. The van der Waals surface area contributed by atoms with Gasteiger partial charge in [-0.1, -0.05) is 26.7 Å². The van der Waals surface area contributed by atoms with Crippen LogP contribution in [-0.4, -0.2) is 41.6 Å². The zero-order chi connectivity index (χ0) is 14.0. The van der Waals surface area contributed by atoms with E-state index in [0.717, 1.165) is 12.8 Å². The lowest BCUT2D eigenvalue weighted by molar-refractivity contribution is -0.137. The Morgan fingerprint density at radius 1 is 1.28 bits per heavy atom. The van der Waals surface area contributed by atoms with Crippen molar-refractivity contribution >= 4 is 12.0 Å². The Bertz CT molecular complexity index is 255. The summed E-state index contributed by atoms with van der Waals surface area (Å²) < 4.78 is 0. The van der Waals surface area contributed by atoms with E-state index in [1.807, 2.05) is 6.92 Å². The standard InChI is InChI=1S/C13H26N2O3/c1-4-15(10-8-12(16)17)13(18)14-9-6-5-7-11(2)3/h11H,4-10H2,1-3H3,(H,14,18)(H,16,17). The highest BCUT2D eigenvalue weighted by Gasteiger charge is 2.11. The van der Waals surface area contributed by atoms with E-state index in [-0.39, 0.29) is 19.0 Å². The second-order valence-corrected chi connectivity index (χ2v) is 4.84. The topological polar surface area (TPSA) is 69.6 Å². The molecule has 0 saturated carbocycles. The third-order valence-electron chi connectivity index (χ3n) is 2.75. The van der Waals surface area contributed by atoms with Gasteiger partial charge < -0.3 is 15.3 Å². The number of carbonyl (C=O) groups excluding carboxylic acids is 1. The molecule has 0 spiro atoms. The predicted molar refractivity (Wildman–Crippen MR) is 71.6 cm³/mol. The minimum absolute atomic E-state index is 0.00535. The van der Waals surface area contributed by atoms with Crippen LogP contribution in [0, 0.1) is 5.92 Å². The number of hydrogen-bond donors (Lipinski definition) is 2. The number of hydrogen-bond acceptors (Lipinski definition) is 2. The maximum absolute atomic E-state index is 11.7. The molecule has 0 bridgehead atoms. The Hall–Kier alpha value is -1.26. The van der Waals surface area contributed by atoms with Gasteiger partial charge in [-0.2, -0.15) is 0 Å². The third kappa shape index (κ3) is 8.84. The summed E-state index contributed by atoms with van der Waals surface area (Å²) in [5.41, 5.74) is 0. The molecule has 106 valence electrons. The van der Waals surface area contributed by atoms with Crippen LogP contribution in [0.4, 0.5) is 4.79 Å². The van der Waals surface area contributed by atoms with Gasteiger partial charge in [0.05, 0.1) is 6.42 Å². The lowest BCUT2D eigenvalue weighted by Crippen LogP contribution is -2.41. The molecule has 0 aliphatic heterocycles. The van der Waals surface area contributed by atoms with Crippen molar-refractivity contribution in [2.45, 2.75) is 46.5 Å². The number of carbonyl (C=O) groups is 2. The maximum Gasteiger partial charge on any atom is 0.317 e. The fraction of sp³-hybridized carbons (Fsp3) is 0.846. The van der Waals surface area contributed by atoms with E-state index in [1.165, 1.54) is 11.3 Å². The predicted octanol–water partition coefficient (Wildman–Crippen LogP) is 2.32. The number of carboxylic acid groups (broad SMARTS) is 1. The van der Waals surface area contributed by atoms with Crippen LogP contribution >= 0.6 is 0 Å². The highest BCUT2D eigenvalue weighted by Crippen LogP contribution is 2.05. The molecule has 0 aliphatic carbocycles. The molecule has 0 aromatic carbocycles. The van der Waals surface area contributed by atoms with E-state index >= 15 is 0 Å². The lowest BCUT2D eigenvalue weighted by Gasteiger charge is -2.20. The van der Waals surface area contributed by atoms with Crippen molar-refractivity contribution in [2.75, 3.05) is 19.6 Å². The number of nitrogens with one attached hydrogen (secondary N) is 1. The molecule has 0 rings (SSSR count). The third-order valence-corrected chi connectivity index (χ3v) is 2.75. The summed E-state index contributed by atoms with van der Waals surface area (Å²) in [5.74, 6) is -0.179. The first kappa shape index (κ1) is 16.7. The van der Waals surface area contributed by atoms with Gasteiger partial charge in [0.1, 0.15) is 0 Å². The van der Waals surface area contributed by atoms with Crippen molar-refractivity contribution in [3.05, 3.63) is 0 Å². The van der Waals surface area contributed by atoms with Gasteiger partial charge in [-0.15, -0.1) is 0 Å². The summed E-state index contributed by atoms with van der Waals surface area (Å²) in [6.45, 7) is 7.68. The number of aliphatic carboxylic acids is 1. The van der Waals surface area contributed by atoms with E-state index in [9.17, 15) is 9.59 Å². The normalized spacial score (nSPS) is 10.4. The van der Waals surface area contributed by atoms with E-state index < -0.39 is 5.97 Å². The number of unbranched alkanes of at least 4 members (excludes halogenated alkanes) is 1. The molecule has 0 heterocycles. The Morgan fingerprint density at radius 2 is 1.94 bits per heavy atom. The number of rotatable bonds is 9. The van der Waals surface area contributed by atoms with Gasteiger partial charge in [-0.25, -0.2) is 4.79 Å². The van der Waals surface area contributed by atoms with Crippen LogP contribution in [0.5, 0.6) is 0 Å². The molecule has 0 aromatic rings. The van der Waals surface area contributed by atoms with E-state index in [4.69, 9.17) is 5.11 Å². The van der Waals surface area contributed by atoms with Gasteiger partial charge in [0.2, 0.25) is 0 Å². The molecule has 0 aromatic heterocycles. The Morgan fingerprint density at radius 3 is 2.44 bits per heavy atom. The average Bonchev–Trinajstić information content (AvgIpc) is 2.28. The van der Waals surface area contributed by atoms with Crippen LogP contribution in [0.15, 0.2) is 0 Å². The quantitative estimate of drug-likeness (QED) is 0.623. The molecule has 0 saturated heterocycles. The molecule has 0 atom stereocenters. The second-order valence-electron chi connectivity index (χ2n) is 4.84. The molecule has 2 N–H and O–H groups in total. The van der Waals surface area contributed by atoms with Crippen molar-refractivity contribution in [3.8, 4) is 0 Å². The minimum Gasteiger partial charge on any atom is -0.481 e. The zero-order valence-electron chi connectivity index (χ0n) is 11.7. The van der Waals surface area contributed by atoms with Crippen LogP contribution < -0.4 is 5.32 Å². The highest BCUT2D eigenvalue weighted by atomic mass is 16.4. The first-order valence-corrected chi connectivity index (χ1v) is 6.72. The average molecular weight is 258 g/mol. The van der Waals surface area contributed by atoms with Gasteiger partial charge in [-0.05, 0) is 19.3 Å². The molecular weight excluding hydrogens is 232 g/mol. The number of carboxylic acids is 1. The molecule has 0 radical (unpaired) electrons. The maximum atomic E-state index is 11.7. The summed E-state index contributed by atoms with van der Waals surface area (Å²) >= 11 is 0. The summed E-state index contributed by atoms with van der Waals surface area (Å²) in [5, 5.41) is 11.4. The van der Waals surface area contributed by atoms with E-state index in [1.54, 1.807) is 0 Å². The van der Waals surface area contributed by atoms with E-state index in [2.05, 4.69) is 19.2 Å². The van der Waals surface area contributed by atoms with Gasteiger partial charge in [0.15, 0.2) is 0 Å². The zero-order valence-corrected chi connectivity index (χ0v) is 11.7. The molecule has 5 heteroatoms. The van der Waals surface area contributed by atoms with Crippen molar-refractivity contribution in [3.63, 3.8) is 0 Å². The fourth-order valence-corrected chi connectivity index (χ4v) is 1.62. The number of amides is 2. The number of urea groups is 1. The summed E-state index contributed by atoms with van der Waals surface area (Å²) in [7, 11) is 0. The van der Waals surface area contributed by atoms with Gasteiger partial charge in [0, 0.05) is 19.6 Å². The highest BCUT2D eigenvalue weighted by molar-refractivity contribution is 5.75. The van der Waals surface area contributed by atoms with Crippen LogP contribution in [0.1, 0.15) is 46.5 Å². The smallest absolute Gasteiger partial charge is 0.317 e. The minimum atomic E-state index is -0.877. The second kappa shape index (κ2) is 9.74. The van der Waals surface area contributed by atoms with Crippen LogP contribution in [0.3, 0.4) is 0 Å². The SMILES string of the molecule is CCN(CCC(=O)O)C(=O)NCCCCC(C)C. The Labute approximate surface area is 110 Å². The molecule has 0 aliphatic rings. The van der Waals surface area contributed by atoms with E-state index in [0.29, 0.717) is 19.0 Å². The number of nitrogens with zero attached hydrogens (tertiary/aromatic N) is 1. The van der Waals surface area contributed by atoms with Crippen molar-refractivity contribution in [2.24, 2.45) is 5.92 Å². The monoisotopic (exact) mass is 258 g/mol. The summed E-state index contributed by atoms with van der Waals surface area (Å²) in [6, 6.07) is -0.164. The van der Waals surface area contributed by atoms with Gasteiger partial charge >= 0.3 is 12.0 Å². The van der Waals surface area contributed by atoms with Crippen molar-refractivity contribution in [1.29, 1.82) is 0 Å². The molecule has 18 heavy (non-hydrogen) atoms. The largest absolute Gasteiger partial charge is 0.481 e. The molecule has 2 amide bonds. The van der Waals surface area contributed by atoms with Gasteiger partial charge in [0.25, 0.3) is 0 Å². The molecule has 5 nitrogen and oxygen atoms in total. The molecule has 0 unspecified atom stereocenters. The molecular formula is C13H26N2O3. The van der Waals surface area contributed by atoms with Crippen LogP contribution in [-0.2, 0) is 4.79 Å². The summed E-state index contributed by atoms with van der Waals surface area (Å²) in [4.78, 5) is 23.7. The Kier molecular flexibility index (Phi) is 9.06. The Balaban J connectivity index is 3.73. The lowest BCUT2D eigenvalue weighted by atomic mass is 10.1. The van der Waals surface area contributed by atoms with Crippen molar-refractivity contribution in [1.82, 2.24) is 10.2 Å².